The largest absolute Gasteiger partial charge is 0.493 e. The van der Waals surface area contributed by atoms with Crippen LogP contribution in [0.2, 0.25) is 0 Å². The number of carbonyl (C=O) groups is 1. The Morgan fingerprint density at radius 2 is 2.13 bits per heavy atom. The van der Waals surface area contributed by atoms with Crippen LogP contribution in [0.5, 0.6) is 5.75 Å². The fourth-order valence-corrected chi connectivity index (χ4v) is 2.61. The first-order valence-electron chi connectivity index (χ1n) is 7.61. The molecule has 0 atom stereocenters. The second kappa shape index (κ2) is 5.84. The molecule has 0 radical (unpaired) electrons. The SMILES string of the molecule is CC1(C)COc2cc(CC(=O)OC(C)(C)C)c(C#N)c(F)c2C1. The third-order valence-electron chi connectivity index (χ3n) is 3.55. The van der Waals surface area contributed by atoms with Crippen LogP contribution in [0.15, 0.2) is 6.07 Å². The molecule has 0 saturated heterocycles. The molecule has 2 rings (SSSR count). The van der Waals surface area contributed by atoms with Crippen LogP contribution in [-0.4, -0.2) is 18.2 Å². The van der Waals surface area contributed by atoms with E-state index in [4.69, 9.17) is 9.47 Å². The van der Waals surface area contributed by atoms with E-state index in [1.54, 1.807) is 26.8 Å². The monoisotopic (exact) mass is 319 g/mol. The molecule has 0 spiro atoms. The Labute approximate surface area is 136 Å². The van der Waals surface area contributed by atoms with E-state index in [2.05, 4.69) is 0 Å². The van der Waals surface area contributed by atoms with E-state index in [-0.39, 0.29) is 17.4 Å². The van der Waals surface area contributed by atoms with E-state index in [1.807, 2.05) is 19.9 Å². The van der Waals surface area contributed by atoms with Gasteiger partial charge in [0.25, 0.3) is 0 Å². The van der Waals surface area contributed by atoms with Crippen LogP contribution in [0.3, 0.4) is 0 Å². The predicted molar refractivity (Wildman–Crippen MR) is 83.6 cm³/mol. The van der Waals surface area contributed by atoms with E-state index in [0.717, 1.165) is 0 Å². The van der Waals surface area contributed by atoms with Gasteiger partial charge in [-0.05, 0) is 38.8 Å². The Hall–Kier alpha value is -2.09. The van der Waals surface area contributed by atoms with Gasteiger partial charge in [0.1, 0.15) is 23.2 Å². The highest BCUT2D eigenvalue weighted by molar-refractivity contribution is 5.74. The Kier molecular flexibility index (Phi) is 4.39. The molecule has 124 valence electrons. The highest BCUT2D eigenvalue weighted by atomic mass is 19.1. The number of nitriles is 1. The van der Waals surface area contributed by atoms with E-state index in [0.29, 0.717) is 29.9 Å². The van der Waals surface area contributed by atoms with Crippen LogP contribution < -0.4 is 4.74 Å². The Bertz CT molecular complexity index is 681. The number of benzene rings is 1. The number of ether oxygens (including phenoxy) is 2. The van der Waals surface area contributed by atoms with Crippen LogP contribution in [0, 0.1) is 22.6 Å². The first-order valence-corrected chi connectivity index (χ1v) is 7.61. The van der Waals surface area contributed by atoms with Gasteiger partial charge in [0.05, 0.1) is 18.6 Å². The number of rotatable bonds is 2. The molecular weight excluding hydrogens is 297 g/mol. The zero-order valence-corrected chi connectivity index (χ0v) is 14.2. The van der Waals surface area contributed by atoms with Crippen molar-refractivity contribution in [2.45, 2.75) is 53.1 Å². The van der Waals surface area contributed by atoms with Gasteiger partial charge >= 0.3 is 5.97 Å². The lowest BCUT2D eigenvalue weighted by Gasteiger charge is -2.32. The highest BCUT2D eigenvalue weighted by Gasteiger charge is 2.32. The van der Waals surface area contributed by atoms with Crippen molar-refractivity contribution in [3.05, 3.63) is 28.6 Å². The van der Waals surface area contributed by atoms with Crippen molar-refractivity contribution >= 4 is 5.97 Å². The summed E-state index contributed by atoms with van der Waals surface area (Å²) < 4.78 is 25.6. The minimum atomic E-state index is -0.628. The van der Waals surface area contributed by atoms with Gasteiger partial charge in [0.15, 0.2) is 0 Å². The molecule has 0 unspecified atom stereocenters. The van der Waals surface area contributed by atoms with Crippen molar-refractivity contribution in [3.8, 4) is 11.8 Å². The third-order valence-corrected chi connectivity index (χ3v) is 3.55. The summed E-state index contributed by atoms with van der Waals surface area (Å²) in [5.41, 5.74) is -0.205. The van der Waals surface area contributed by atoms with Crippen LogP contribution in [0.4, 0.5) is 4.39 Å². The van der Waals surface area contributed by atoms with E-state index >= 15 is 0 Å². The van der Waals surface area contributed by atoms with Crippen LogP contribution in [0.1, 0.15) is 51.3 Å². The Morgan fingerprint density at radius 3 is 2.70 bits per heavy atom. The van der Waals surface area contributed by atoms with E-state index in [9.17, 15) is 14.4 Å². The summed E-state index contributed by atoms with van der Waals surface area (Å²) in [6, 6.07) is 3.46. The lowest BCUT2D eigenvalue weighted by molar-refractivity contribution is -0.153. The second-order valence-corrected chi connectivity index (χ2v) is 7.71. The molecule has 5 heteroatoms. The van der Waals surface area contributed by atoms with Gasteiger partial charge in [0, 0.05) is 11.0 Å². The molecule has 1 aliphatic rings. The number of esters is 1. The zero-order chi connectivity index (χ0) is 17.4. The zero-order valence-electron chi connectivity index (χ0n) is 14.2. The fourth-order valence-electron chi connectivity index (χ4n) is 2.61. The molecule has 0 N–H and O–H groups in total. The molecule has 1 aromatic rings. The summed E-state index contributed by atoms with van der Waals surface area (Å²) in [7, 11) is 0. The Balaban J connectivity index is 2.38. The molecule has 1 aromatic carbocycles. The molecule has 0 fully saturated rings. The summed E-state index contributed by atoms with van der Waals surface area (Å²) in [6.07, 6.45) is 0.340. The minimum Gasteiger partial charge on any atom is -0.493 e. The summed E-state index contributed by atoms with van der Waals surface area (Å²) in [6.45, 7) is 9.71. The van der Waals surface area contributed by atoms with Gasteiger partial charge in [-0.1, -0.05) is 13.8 Å². The molecule has 1 heterocycles. The number of nitrogens with zero attached hydrogens (tertiary/aromatic N) is 1. The number of halogens is 1. The average Bonchev–Trinajstić information content (AvgIpc) is 2.37. The standard InChI is InChI=1S/C18H22FNO3/c1-17(2,3)23-15(21)7-11-6-14-12(16(19)13(11)9-20)8-18(4,5)10-22-14/h6H,7-8,10H2,1-5H3. The van der Waals surface area contributed by atoms with Crippen LogP contribution in [0.25, 0.3) is 0 Å². The van der Waals surface area contributed by atoms with Crippen molar-refractivity contribution in [1.82, 2.24) is 0 Å². The molecule has 1 aliphatic heterocycles. The molecular formula is C18H22FNO3. The fraction of sp³-hybridized carbons (Fsp3) is 0.556. The molecule has 23 heavy (non-hydrogen) atoms. The summed E-state index contributed by atoms with van der Waals surface area (Å²) in [4.78, 5) is 12.0. The first-order chi connectivity index (χ1) is 10.5. The molecule has 0 amide bonds. The van der Waals surface area contributed by atoms with Crippen molar-refractivity contribution in [1.29, 1.82) is 5.26 Å². The summed E-state index contributed by atoms with van der Waals surface area (Å²) >= 11 is 0. The lowest BCUT2D eigenvalue weighted by Crippen LogP contribution is -2.30. The topological polar surface area (TPSA) is 59.3 Å². The van der Waals surface area contributed by atoms with Gasteiger partial charge in [-0.3, -0.25) is 4.79 Å². The number of carbonyl (C=O) groups excluding carboxylic acids is 1. The summed E-state index contributed by atoms with van der Waals surface area (Å²) in [5, 5.41) is 9.29. The molecule has 0 bridgehead atoms. The van der Waals surface area contributed by atoms with E-state index < -0.39 is 17.4 Å². The minimum absolute atomic E-state index is 0.101. The van der Waals surface area contributed by atoms with Gasteiger partial charge in [0.2, 0.25) is 0 Å². The molecule has 4 nitrogen and oxygen atoms in total. The van der Waals surface area contributed by atoms with Gasteiger partial charge in [-0.25, -0.2) is 4.39 Å². The van der Waals surface area contributed by atoms with Crippen LogP contribution in [-0.2, 0) is 22.4 Å². The normalized spacial score (nSPS) is 16.0. The van der Waals surface area contributed by atoms with Crippen LogP contribution >= 0.6 is 0 Å². The lowest BCUT2D eigenvalue weighted by atomic mass is 9.83. The predicted octanol–water partition coefficient (Wildman–Crippen LogP) is 3.54. The smallest absolute Gasteiger partial charge is 0.310 e. The van der Waals surface area contributed by atoms with Gasteiger partial charge in [-0.15, -0.1) is 0 Å². The van der Waals surface area contributed by atoms with Crippen molar-refractivity contribution < 1.29 is 18.7 Å². The van der Waals surface area contributed by atoms with E-state index in [1.165, 1.54) is 0 Å². The average molecular weight is 319 g/mol. The quantitative estimate of drug-likeness (QED) is 0.782. The Morgan fingerprint density at radius 1 is 1.48 bits per heavy atom. The van der Waals surface area contributed by atoms with Crippen molar-refractivity contribution in [2.24, 2.45) is 5.41 Å². The molecule has 0 saturated carbocycles. The number of fused-ring (bicyclic) bond motifs is 1. The third kappa shape index (κ3) is 4.01. The molecule has 0 aromatic heterocycles. The van der Waals surface area contributed by atoms with Gasteiger partial charge in [-0.2, -0.15) is 5.26 Å². The molecule has 0 aliphatic carbocycles. The highest BCUT2D eigenvalue weighted by Crippen LogP contribution is 2.38. The number of hydrogen-bond donors (Lipinski definition) is 0. The van der Waals surface area contributed by atoms with Crippen molar-refractivity contribution in [2.75, 3.05) is 6.61 Å². The number of hydrogen-bond acceptors (Lipinski definition) is 4. The van der Waals surface area contributed by atoms with Gasteiger partial charge < -0.3 is 9.47 Å². The second-order valence-electron chi connectivity index (χ2n) is 7.71. The maximum Gasteiger partial charge on any atom is 0.310 e. The maximum absolute atomic E-state index is 14.7. The summed E-state index contributed by atoms with van der Waals surface area (Å²) in [5.74, 6) is -0.666. The van der Waals surface area contributed by atoms with Crippen molar-refractivity contribution in [3.63, 3.8) is 0 Å². The maximum atomic E-state index is 14.7. The first kappa shape index (κ1) is 17.3.